The molecule has 1 saturated heterocycles. The van der Waals surface area contributed by atoms with E-state index in [9.17, 15) is 0 Å². The molecule has 0 atom stereocenters. The van der Waals surface area contributed by atoms with Crippen LogP contribution in [0.2, 0.25) is 0 Å². The second-order valence-corrected chi connectivity index (χ2v) is 5.28. The van der Waals surface area contributed by atoms with Crippen molar-refractivity contribution in [1.29, 1.82) is 0 Å². The van der Waals surface area contributed by atoms with E-state index in [-0.39, 0.29) is 24.0 Å². The van der Waals surface area contributed by atoms with Gasteiger partial charge in [0, 0.05) is 13.1 Å². The van der Waals surface area contributed by atoms with Crippen LogP contribution in [-0.4, -0.2) is 50.1 Å². The van der Waals surface area contributed by atoms with Crippen LogP contribution in [0.25, 0.3) is 0 Å². The van der Waals surface area contributed by atoms with E-state index in [4.69, 9.17) is 6.42 Å². The monoisotopic (exact) mass is 406 g/mol. The van der Waals surface area contributed by atoms with Gasteiger partial charge in [-0.3, -0.25) is 4.99 Å². The summed E-state index contributed by atoms with van der Waals surface area (Å²) in [5.74, 6) is 3.40. The smallest absolute Gasteiger partial charge is 0.192 e. The van der Waals surface area contributed by atoms with E-state index < -0.39 is 0 Å². The van der Waals surface area contributed by atoms with Crippen molar-refractivity contribution in [2.75, 3.05) is 39.3 Å². The molecule has 0 saturated carbocycles. The van der Waals surface area contributed by atoms with Crippen LogP contribution in [0.1, 0.15) is 45.4 Å². The van der Waals surface area contributed by atoms with Gasteiger partial charge in [0.1, 0.15) is 0 Å². The van der Waals surface area contributed by atoms with Gasteiger partial charge in [-0.25, -0.2) is 0 Å². The number of guanidine groups is 1. The van der Waals surface area contributed by atoms with E-state index in [1.54, 1.807) is 0 Å². The van der Waals surface area contributed by atoms with Gasteiger partial charge in [0.05, 0.1) is 6.54 Å². The fourth-order valence-corrected chi connectivity index (χ4v) is 2.47. The molecule has 0 unspecified atom stereocenters. The van der Waals surface area contributed by atoms with Crippen molar-refractivity contribution in [3.63, 3.8) is 0 Å². The SMILES string of the molecule is C#CCNC(=NCCCCCN1CCCCC1)NCC.I. The zero-order valence-corrected chi connectivity index (χ0v) is 15.7. The molecule has 2 N–H and O–H groups in total. The number of hydrogen-bond donors (Lipinski definition) is 2. The van der Waals surface area contributed by atoms with E-state index in [1.807, 2.05) is 0 Å². The van der Waals surface area contributed by atoms with Crippen molar-refractivity contribution in [2.45, 2.75) is 45.4 Å². The standard InChI is InChI=1S/C16H30N4.HI/c1-3-11-18-16(17-4-2)19-12-7-5-8-13-20-14-9-6-10-15-20;/h1H,4-15H2,2H3,(H2,17,18,19);1H. The Morgan fingerprint density at radius 2 is 1.90 bits per heavy atom. The Morgan fingerprint density at radius 3 is 2.57 bits per heavy atom. The lowest BCUT2D eigenvalue weighted by Crippen LogP contribution is -2.37. The topological polar surface area (TPSA) is 39.7 Å². The number of hydrogen-bond acceptors (Lipinski definition) is 2. The van der Waals surface area contributed by atoms with Crippen molar-refractivity contribution in [3.8, 4) is 12.3 Å². The zero-order chi connectivity index (χ0) is 14.5. The summed E-state index contributed by atoms with van der Waals surface area (Å²) < 4.78 is 0. The molecule has 1 rings (SSSR count). The summed E-state index contributed by atoms with van der Waals surface area (Å²) >= 11 is 0. The first kappa shape index (κ1) is 20.5. The summed E-state index contributed by atoms with van der Waals surface area (Å²) in [4.78, 5) is 7.12. The number of rotatable bonds is 8. The first-order valence-electron chi connectivity index (χ1n) is 8.04. The zero-order valence-electron chi connectivity index (χ0n) is 13.4. The van der Waals surface area contributed by atoms with Gasteiger partial charge in [0.25, 0.3) is 0 Å². The van der Waals surface area contributed by atoms with E-state index in [2.05, 4.69) is 33.4 Å². The molecule has 0 aromatic heterocycles. The molecule has 21 heavy (non-hydrogen) atoms. The number of likely N-dealkylation sites (tertiary alicyclic amines) is 1. The van der Waals surface area contributed by atoms with Gasteiger partial charge >= 0.3 is 0 Å². The van der Waals surface area contributed by atoms with Gasteiger partial charge in [-0.05, 0) is 52.2 Å². The maximum absolute atomic E-state index is 5.24. The molecule has 4 nitrogen and oxygen atoms in total. The van der Waals surface area contributed by atoms with E-state index in [1.165, 1.54) is 51.7 Å². The average molecular weight is 406 g/mol. The van der Waals surface area contributed by atoms with Crippen LogP contribution >= 0.6 is 24.0 Å². The fraction of sp³-hybridized carbons (Fsp3) is 0.812. The van der Waals surface area contributed by atoms with E-state index >= 15 is 0 Å². The maximum Gasteiger partial charge on any atom is 0.192 e. The molecule has 0 spiro atoms. The van der Waals surface area contributed by atoms with Crippen LogP contribution in [0.15, 0.2) is 4.99 Å². The van der Waals surface area contributed by atoms with E-state index in [0.717, 1.165) is 25.5 Å². The Balaban J connectivity index is 0.00000400. The number of nitrogens with one attached hydrogen (secondary N) is 2. The summed E-state index contributed by atoms with van der Waals surface area (Å²) in [6.07, 6.45) is 13.1. The minimum absolute atomic E-state index is 0. The highest BCUT2D eigenvalue weighted by Gasteiger charge is 2.08. The highest BCUT2D eigenvalue weighted by atomic mass is 127. The quantitative estimate of drug-likeness (QED) is 0.214. The van der Waals surface area contributed by atoms with Crippen molar-refractivity contribution >= 4 is 29.9 Å². The summed E-state index contributed by atoms with van der Waals surface area (Å²) in [5.41, 5.74) is 0. The number of nitrogens with zero attached hydrogens (tertiary/aromatic N) is 2. The van der Waals surface area contributed by atoms with Crippen molar-refractivity contribution < 1.29 is 0 Å². The molecule has 0 aromatic carbocycles. The summed E-state index contributed by atoms with van der Waals surface area (Å²) in [5, 5.41) is 6.30. The first-order chi connectivity index (χ1) is 9.86. The normalized spacial score (nSPS) is 15.9. The predicted molar refractivity (Wildman–Crippen MR) is 102 cm³/mol. The average Bonchev–Trinajstić information content (AvgIpc) is 2.49. The molecular formula is C16H31IN4. The third-order valence-corrected chi connectivity index (χ3v) is 3.55. The number of terminal acetylenes is 1. The molecule has 5 heteroatoms. The molecule has 1 heterocycles. The Morgan fingerprint density at radius 1 is 1.14 bits per heavy atom. The third kappa shape index (κ3) is 10.8. The molecule has 0 amide bonds. The van der Waals surface area contributed by atoms with Gasteiger partial charge in [0.2, 0.25) is 0 Å². The number of piperidine rings is 1. The molecular weight excluding hydrogens is 375 g/mol. The number of aliphatic imine (C=N–C) groups is 1. The summed E-state index contributed by atoms with van der Waals surface area (Å²) in [7, 11) is 0. The van der Waals surface area contributed by atoms with Crippen LogP contribution < -0.4 is 10.6 Å². The number of halogens is 1. The first-order valence-corrected chi connectivity index (χ1v) is 8.04. The van der Waals surface area contributed by atoms with Crippen molar-refractivity contribution in [2.24, 2.45) is 4.99 Å². The number of unbranched alkanes of at least 4 members (excludes halogenated alkanes) is 2. The molecule has 122 valence electrons. The fourth-order valence-electron chi connectivity index (χ4n) is 2.47. The lowest BCUT2D eigenvalue weighted by Gasteiger charge is -2.26. The summed E-state index contributed by atoms with van der Waals surface area (Å²) in [6.45, 7) is 8.20. The highest BCUT2D eigenvalue weighted by molar-refractivity contribution is 14.0. The predicted octanol–water partition coefficient (Wildman–Crippen LogP) is 2.45. The van der Waals surface area contributed by atoms with Gasteiger partial charge in [-0.2, -0.15) is 0 Å². The highest BCUT2D eigenvalue weighted by Crippen LogP contribution is 2.09. The van der Waals surface area contributed by atoms with Crippen molar-refractivity contribution in [1.82, 2.24) is 15.5 Å². The van der Waals surface area contributed by atoms with Gasteiger partial charge < -0.3 is 15.5 Å². The Labute approximate surface area is 147 Å². The molecule has 0 bridgehead atoms. The van der Waals surface area contributed by atoms with Gasteiger partial charge in [-0.15, -0.1) is 30.4 Å². The van der Waals surface area contributed by atoms with Crippen molar-refractivity contribution in [3.05, 3.63) is 0 Å². The van der Waals surface area contributed by atoms with Crippen LogP contribution in [0.3, 0.4) is 0 Å². The minimum atomic E-state index is 0. The minimum Gasteiger partial charge on any atom is -0.357 e. The molecule has 0 aromatic rings. The van der Waals surface area contributed by atoms with E-state index in [0.29, 0.717) is 6.54 Å². The Bertz CT molecular complexity index is 306. The van der Waals surface area contributed by atoms with Crippen LogP contribution in [-0.2, 0) is 0 Å². The van der Waals surface area contributed by atoms with Crippen LogP contribution in [0, 0.1) is 12.3 Å². The second-order valence-electron chi connectivity index (χ2n) is 5.28. The largest absolute Gasteiger partial charge is 0.357 e. The maximum atomic E-state index is 5.24. The van der Waals surface area contributed by atoms with Crippen LogP contribution in [0.4, 0.5) is 0 Å². The molecule has 1 aliphatic rings. The lowest BCUT2D eigenvalue weighted by molar-refractivity contribution is 0.224. The Kier molecular flexibility index (Phi) is 14.1. The lowest BCUT2D eigenvalue weighted by atomic mass is 10.1. The van der Waals surface area contributed by atoms with Gasteiger partial charge in [-0.1, -0.05) is 18.8 Å². The van der Waals surface area contributed by atoms with Crippen LogP contribution in [0.5, 0.6) is 0 Å². The molecule has 0 aliphatic carbocycles. The molecule has 1 aliphatic heterocycles. The molecule has 1 fully saturated rings. The Hall–Kier alpha value is -0.480. The summed E-state index contributed by atoms with van der Waals surface area (Å²) in [6, 6.07) is 0. The second kappa shape index (κ2) is 14.5. The molecule has 0 radical (unpaired) electrons. The van der Waals surface area contributed by atoms with Gasteiger partial charge in [0.15, 0.2) is 5.96 Å². The third-order valence-electron chi connectivity index (χ3n) is 3.55.